The number of amides is 1. The van der Waals surface area contributed by atoms with Crippen LogP contribution < -0.4 is 14.9 Å². The highest BCUT2D eigenvalue weighted by Crippen LogP contribution is 2.29. The fourth-order valence-corrected chi connectivity index (χ4v) is 4.59. The minimum absolute atomic E-state index is 0.0498. The molecule has 2 atom stereocenters. The first kappa shape index (κ1) is 25.6. The molecule has 1 aliphatic rings. The van der Waals surface area contributed by atoms with Crippen LogP contribution in [0.5, 0.6) is 0 Å². The first-order chi connectivity index (χ1) is 14.3. The van der Waals surface area contributed by atoms with Crippen LogP contribution in [-0.2, 0) is 19.6 Å². The molecule has 1 heterocycles. The van der Waals surface area contributed by atoms with E-state index in [4.69, 9.17) is 4.74 Å². The van der Waals surface area contributed by atoms with E-state index in [0.29, 0.717) is 25.8 Å². The van der Waals surface area contributed by atoms with Crippen molar-refractivity contribution in [3.63, 3.8) is 0 Å². The highest BCUT2D eigenvalue weighted by atomic mass is 32.2. The van der Waals surface area contributed by atoms with Crippen LogP contribution in [0, 0.1) is 13.8 Å². The van der Waals surface area contributed by atoms with Gasteiger partial charge in [-0.05, 0) is 84.6 Å². The zero-order valence-corrected chi connectivity index (χ0v) is 20.9. The summed E-state index contributed by atoms with van der Waals surface area (Å²) >= 11 is 0. The van der Waals surface area contributed by atoms with Crippen LogP contribution in [-0.4, -0.2) is 50.9 Å². The van der Waals surface area contributed by atoms with Crippen molar-refractivity contribution < 1.29 is 17.9 Å². The van der Waals surface area contributed by atoms with E-state index >= 15 is 0 Å². The van der Waals surface area contributed by atoms with Crippen LogP contribution in [0.1, 0.15) is 65.0 Å². The Hall–Kier alpha value is -1.64. The van der Waals surface area contributed by atoms with Gasteiger partial charge in [-0.1, -0.05) is 0 Å². The lowest BCUT2D eigenvalue weighted by Gasteiger charge is -2.37. The highest BCUT2D eigenvalue weighted by molar-refractivity contribution is 7.90. The second-order valence-electron chi connectivity index (χ2n) is 9.63. The summed E-state index contributed by atoms with van der Waals surface area (Å²) in [6.45, 7) is 15.3. The molecular formula is C23H39N3O4S. The third-order valence-corrected chi connectivity index (χ3v) is 7.69. The molecule has 1 amide bonds. The molecule has 0 bridgehead atoms. The molecule has 1 fully saturated rings. The van der Waals surface area contributed by atoms with Gasteiger partial charge >= 0.3 is 0 Å². The Morgan fingerprint density at radius 2 is 1.65 bits per heavy atom. The van der Waals surface area contributed by atoms with Gasteiger partial charge in [0.2, 0.25) is 15.9 Å². The van der Waals surface area contributed by atoms with Gasteiger partial charge in [-0.15, -0.1) is 0 Å². The average Bonchev–Trinajstić information content (AvgIpc) is 2.62. The summed E-state index contributed by atoms with van der Waals surface area (Å²) in [4.78, 5) is 14.8. The van der Waals surface area contributed by atoms with E-state index in [9.17, 15) is 13.2 Å². The maximum absolute atomic E-state index is 12.4. The van der Waals surface area contributed by atoms with Gasteiger partial charge in [-0.2, -0.15) is 0 Å². The van der Waals surface area contributed by atoms with Crippen LogP contribution in [0.4, 0.5) is 11.4 Å². The summed E-state index contributed by atoms with van der Waals surface area (Å²) in [5, 5.41) is 3.04. The lowest BCUT2D eigenvalue weighted by atomic mass is 10.1. The first-order valence-electron chi connectivity index (χ1n) is 11.1. The van der Waals surface area contributed by atoms with E-state index in [1.54, 1.807) is 20.8 Å². The van der Waals surface area contributed by atoms with Crippen LogP contribution in [0.15, 0.2) is 12.1 Å². The van der Waals surface area contributed by atoms with E-state index in [1.807, 2.05) is 13.8 Å². The van der Waals surface area contributed by atoms with E-state index in [-0.39, 0.29) is 18.1 Å². The van der Waals surface area contributed by atoms with Crippen molar-refractivity contribution in [2.45, 2.75) is 84.7 Å². The number of nitrogens with one attached hydrogen (secondary N) is 2. The molecule has 7 nitrogen and oxygen atoms in total. The third kappa shape index (κ3) is 7.19. The van der Waals surface area contributed by atoms with Crippen molar-refractivity contribution in [2.75, 3.05) is 29.9 Å². The summed E-state index contributed by atoms with van der Waals surface area (Å²) in [5.74, 6) is -0.0498. The normalized spacial score (nSPS) is 20.0. The Labute approximate surface area is 188 Å². The van der Waals surface area contributed by atoms with Gasteiger partial charge in [0.05, 0.1) is 17.0 Å². The number of sulfonamides is 1. The molecule has 0 aliphatic carbocycles. The Morgan fingerprint density at radius 1 is 1.10 bits per heavy atom. The lowest BCUT2D eigenvalue weighted by Crippen LogP contribution is -2.45. The summed E-state index contributed by atoms with van der Waals surface area (Å²) < 4.78 is 31.7. The molecule has 1 aliphatic heterocycles. The largest absolute Gasteiger partial charge is 0.372 e. The predicted octanol–water partition coefficient (Wildman–Crippen LogP) is 3.74. The molecule has 0 spiro atoms. The Kier molecular flexibility index (Phi) is 8.53. The summed E-state index contributed by atoms with van der Waals surface area (Å²) in [7, 11) is -3.34. The molecule has 8 heteroatoms. The molecule has 176 valence electrons. The molecule has 31 heavy (non-hydrogen) atoms. The Bertz CT molecular complexity index is 844. The Balaban J connectivity index is 1.88. The van der Waals surface area contributed by atoms with Crippen LogP contribution in [0.3, 0.4) is 0 Å². The molecule has 0 radical (unpaired) electrons. The minimum Gasteiger partial charge on any atom is -0.372 e. The number of morpholine rings is 1. The van der Waals surface area contributed by atoms with Crippen LogP contribution in [0.2, 0.25) is 0 Å². The standard InChI is InChI=1S/C23H39N3O4S/c1-16-12-20(26-14-18(3)30-19(4)15-26)13-17(2)22(16)25-21(27)10-8-9-11-24-31(28,29)23(5,6)7/h12-13,18-19,24H,8-11,14-15H2,1-7H3,(H,25,27)/t18-,19+. The van der Waals surface area contributed by atoms with E-state index in [1.165, 1.54) is 0 Å². The molecule has 0 aromatic heterocycles. The number of hydrogen-bond donors (Lipinski definition) is 2. The number of ether oxygens (including phenoxy) is 1. The number of nitrogens with zero attached hydrogens (tertiary/aromatic N) is 1. The van der Waals surface area contributed by atoms with Gasteiger partial charge in [-0.3, -0.25) is 4.79 Å². The molecule has 0 unspecified atom stereocenters. The molecule has 2 rings (SSSR count). The topological polar surface area (TPSA) is 87.7 Å². The quantitative estimate of drug-likeness (QED) is 0.586. The maximum Gasteiger partial charge on any atom is 0.224 e. The van der Waals surface area contributed by atoms with Gasteiger partial charge in [0.1, 0.15) is 0 Å². The average molecular weight is 454 g/mol. The van der Waals surface area contributed by atoms with Crippen molar-refractivity contribution in [3.05, 3.63) is 23.3 Å². The highest BCUT2D eigenvalue weighted by Gasteiger charge is 2.28. The number of benzene rings is 1. The van der Waals surface area contributed by atoms with E-state index < -0.39 is 14.8 Å². The van der Waals surface area contributed by atoms with Gasteiger partial charge < -0.3 is 15.0 Å². The molecule has 1 saturated heterocycles. The fourth-order valence-electron chi connectivity index (χ4n) is 3.74. The van der Waals surface area contributed by atoms with Crippen molar-refractivity contribution in [3.8, 4) is 0 Å². The predicted molar refractivity (Wildman–Crippen MR) is 127 cm³/mol. The van der Waals surface area contributed by atoms with Gasteiger partial charge in [0.25, 0.3) is 0 Å². The summed E-state index contributed by atoms with van der Waals surface area (Å²) in [6, 6.07) is 4.24. The monoisotopic (exact) mass is 453 g/mol. The molecule has 0 saturated carbocycles. The Morgan fingerprint density at radius 3 is 2.16 bits per heavy atom. The van der Waals surface area contributed by atoms with Crippen LogP contribution in [0.25, 0.3) is 0 Å². The number of anilines is 2. The molecule has 1 aromatic rings. The van der Waals surface area contributed by atoms with Gasteiger partial charge in [0.15, 0.2) is 0 Å². The van der Waals surface area contributed by atoms with Crippen molar-refractivity contribution in [1.82, 2.24) is 4.72 Å². The maximum atomic E-state index is 12.4. The number of unbranched alkanes of at least 4 members (excludes halogenated alkanes) is 1. The second kappa shape index (κ2) is 10.3. The van der Waals surface area contributed by atoms with Crippen molar-refractivity contribution in [1.29, 1.82) is 0 Å². The molecule has 1 aromatic carbocycles. The number of carbonyl (C=O) groups is 1. The number of hydrogen-bond acceptors (Lipinski definition) is 5. The minimum atomic E-state index is -3.34. The van der Waals surface area contributed by atoms with Crippen LogP contribution >= 0.6 is 0 Å². The first-order valence-corrected chi connectivity index (χ1v) is 12.6. The second-order valence-corrected chi connectivity index (χ2v) is 12.2. The SMILES string of the molecule is Cc1cc(N2C[C@@H](C)O[C@@H](C)C2)cc(C)c1NC(=O)CCCCNS(=O)(=O)C(C)(C)C. The van der Waals surface area contributed by atoms with E-state index in [2.05, 4.69) is 40.9 Å². The number of aryl methyl sites for hydroxylation is 2. The third-order valence-electron chi connectivity index (χ3n) is 5.50. The van der Waals surface area contributed by atoms with Crippen molar-refractivity contribution in [2.24, 2.45) is 0 Å². The summed E-state index contributed by atoms with van der Waals surface area (Å²) in [6.07, 6.45) is 1.98. The lowest BCUT2D eigenvalue weighted by molar-refractivity contribution is -0.116. The van der Waals surface area contributed by atoms with Gasteiger partial charge in [-0.25, -0.2) is 13.1 Å². The molecular weight excluding hydrogens is 414 g/mol. The smallest absolute Gasteiger partial charge is 0.224 e. The zero-order valence-electron chi connectivity index (χ0n) is 20.0. The fraction of sp³-hybridized carbons (Fsp3) is 0.696. The zero-order chi connectivity index (χ0) is 23.4. The summed E-state index contributed by atoms with van der Waals surface area (Å²) in [5.41, 5.74) is 4.08. The van der Waals surface area contributed by atoms with Gasteiger partial charge in [0, 0.05) is 37.4 Å². The number of rotatable bonds is 8. The van der Waals surface area contributed by atoms with E-state index in [0.717, 1.165) is 35.6 Å². The van der Waals surface area contributed by atoms with Crippen molar-refractivity contribution >= 4 is 27.3 Å². The molecule has 2 N–H and O–H groups in total. The number of carbonyl (C=O) groups excluding carboxylic acids is 1.